The predicted molar refractivity (Wildman–Crippen MR) is 100 cm³/mol. The number of fused-ring (bicyclic) bond motifs is 1. The van der Waals surface area contributed by atoms with Crippen molar-refractivity contribution in [2.75, 3.05) is 0 Å². The van der Waals surface area contributed by atoms with Crippen LogP contribution in [0, 0.1) is 6.92 Å². The van der Waals surface area contributed by atoms with Gasteiger partial charge in [-0.2, -0.15) is 0 Å². The van der Waals surface area contributed by atoms with Crippen LogP contribution in [0.3, 0.4) is 0 Å². The molecule has 1 heterocycles. The first-order valence-corrected chi connectivity index (χ1v) is 8.52. The third-order valence-corrected chi connectivity index (χ3v) is 4.71. The van der Waals surface area contributed by atoms with Gasteiger partial charge in [-0.1, -0.05) is 32.1 Å². The van der Waals surface area contributed by atoms with Crippen molar-refractivity contribution in [2.45, 2.75) is 33.1 Å². The van der Waals surface area contributed by atoms with Crippen molar-refractivity contribution in [1.29, 1.82) is 0 Å². The van der Waals surface area contributed by atoms with E-state index in [1.165, 1.54) is 11.1 Å². The first-order chi connectivity index (χ1) is 12.0. The maximum Gasteiger partial charge on any atom is 0.265 e. The second-order valence-corrected chi connectivity index (χ2v) is 6.85. The lowest BCUT2D eigenvalue weighted by Crippen LogP contribution is -2.25. The highest BCUT2D eigenvalue weighted by Crippen LogP contribution is 2.31. The van der Waals surface area contributed by atoms with Crippen molar-refractivity contribution >= 4 is 16.5 Å². The fourth-order valence-corrected chi connectivity index (χ4v) is 3.14. The average molecular weight is 332 g/mol. The topological polar surface area (TPSA) is 55.1 Å². The van der Waals surface area contributed by atoms with E-state index in [2.05, 4.69) is 18.2 Å². The Balaban J connectivity index is 2.00. The van der Waals surface area contributed by atoms with Crippen LogP contribution >= 0.6 is 0 Å². The third-order valence-electron chi connectivity index (χ3n) is 4.71. The molecule has 4 rings (SSSR count). The van der Waals surface area contributed by atoms with E-state index in [0.717, 1.165) is 12.1 Å². The highest BCUT2D eigenvalue weighted by molar-refractivity contribution is 5.83. The third kappa shape index (κ3) is 2.54. The number of allylic oxidation sites excluding steroid dienone is 2. The van der Waals surface area contributed by atoms with Crippen LogP contribution in [0.25, 0.3) is 22.2 Å². The molecular formula is C21H20N2O2. The zero-order valence-corrected chi connectivity index (χ0v) is 14.6. The van der Waals surface area contributed by atoms with E-state index in [-0.39, 0.29) is 17.2 Å². The molecule has 0 radical (unpaired) electrons. The van der Waals surface area contributed by atoms with Crippen LogP contribution in [-0.4, -0.2) is 14.7 Å². The Morgan fingerprint density at radius 1 is 1.12 bits per heavy atom. The highest BCUT2D eigenvalue weighted by atomic mass is 16.3. The summed E-state index contributed by atoms with van der Waals surface area (Å²) >= 11 is 0. The number of hydrogen-bond acceptors (Lipinski definition) is 3. The SMILES string of the molecule is Cc1c(O)ccc2c(=O)n(-c3ccc(C4=CC4)cc3)c(C(C)C)nc12. The molecule has 1 N–H and O–H groups in total. The first kappa shape index (κ1) is 15.6. The number of phenolic OH excluding ortho intramolecular Hbond substituents is 1. The minimum Gasteiger partial charge on any atom is -0.508 e. The number of rotatable bonds is 3. The first-order valence-electron chi connectivity index (χ1n) is 8.52. The van der Waals surface area contributed by atoms with E-state index in [4.69, 9.17) is 4.98 Å². The van der Waals surface area contributed by atoms with Crippen LogP contribution in [0.4, 0.5) is 0 Å². The molecule has 2 aromatic carbocycles. The van der Waals surface area contributed by atoms with Gasteiger partial charge in [0.2, 0.25) is 0 Å². The second kappa shape index (κ2) is 5.59. The van der Waals surface area contributed by atoms with Gasteiger partial charge in [0.15, 0.2) is 0 Å². The molecule has 3 aromatic rings. The van der Waals surface area contributed by atoms with Crippen LogP contribution in [0.1, 0.15) is 43.1 Å². The summed E-state index contributed by atoms with van der Waals surface area (Å²) in [6.45, 7) is 5.83. The van der Waals surface area contributed by atoms with E-state index < -0.39 is 0 Å². The highest BCUT2D eigenvalue weighted by Gasteiger charge is 2.18. The maximum absolute atomic E-state index is 13.2. The smallest absolute Gasteiger partial charge is 0.265 e. The predicted octanol–water partition coefficient (Wildman–Crippen LogP) is 4.31. The molecule has 0 spiro atoms. The van der Waals surface area contributed by atoms with Gasteiger partial charge >= 0.3 is 0 Å². The molecule has 1 aromatic heterocycles. The molecule has 0 atom stereocenters. The number of aryl methyl sites for hydroxylation is 1. The largest absolute Gasteiger partial charge is 0.508 e. The molecule has 0 saturated heterocycles. The summed E-state index contributed by atoms with van der Waals surface area (Å²) in [7, 11) is 0. The summed E-state index contributed by atoms with van der Waals surface area (Å²) in [5.41, 5.74) is 4.49. The van der Waals surface area contributed by atoms with Gasteiger partial charge in [0, 0.05) is 11.5 Å². The lowest BCUT2D eigenvalue weighted by molar-refractivity contribution is 0.472. The van der Waals surface area contributed by atoms with Gasteiger partial charge in [0.25, 0.3) is 5.56 Å². The molecule has 4 heteroatoms. The standard InChI is InChI=1S/C21H20N2O2/c1-12(2)20-22-19-13(3)18(24)11-10-17(19)21(25)23(20)16-8-6-15(7-9-16)14-4-5-14/h4,6-12,24H,5H2,1-3H3. The monoisotopic (exact) mass is 332 g/mol. The summed E-state index contributed by atoms with van der Waals surface area (Å²) in [6.07, 6.45) is 3.24. The molecule has 0 saturated carbocycles. The van der Waals surface area contributed by atoms with E-state index in [1.54, 1.807) is 23.6 Å². The second-order valence-electron chi connectivity index (χ2n) is 6.85. The van der Waals surface area contributed by atoms with Gasteiger partial charge in [0.1, 0.15) is 11.6 Å². The van der Waals surface area contributed by atoms with Crippen LogP contribution in [0.5, 0.6) is 5.75 Å². The fraction of sp³-hybridized carbons (Fsp3) is 0.238. The number of aromatic nitrogens is 2. The Morgan fingerprint density at radius 3 is 2.40 bits per heavy atom. The number of benzene rings is 2. The molecule has 0 amide bonds. The summed E-state index contributed by atoms with van der Waals surface area (Å²) in [6, 6.07) is 11.3. The van der Waals surface area contributed by atoms with Gasteiger partial charge in [0.05, 0.1) is 16.6 Å². The number of nitrogens with zero attached hydrogens (tertiary/aromatic N) is 2. The zero-order chi connectivity index (χ0) is 17.7. The molecule has 0 aliphatic heterocycles. The van der Waals surface area contributed by atoms with Crippen molar-refractivity contribution in [3.63, 3.8) is 0 Å². The van der Waals surface area contributed by atoms with E-state index in [0.29, 0.717) is 22.3 Å². The quantitative estimate of drug-likeness (QED) is 0.777. The summed E-state index contributed by atoms with van der Waals surface area (Å²) in [5, 5.41) is 10.5. The Morgan fingerprint density at radius 2 is 1.80 bits per heavy atom. The van der Waals surface area contributed by atoms with Gasteiger partial charge in [-0.15, -0.1) is 0 Å². The zero-order valence-electron chi connectivity index (χ0n) is 14.6. The molecular weight excluding hydrogens is 312 g/mol. The van der Waals surface area contributed by atoms with Crippen molar-refractivity contribution in [3.8, 4) is 11.4 Å². The lowest BCUT2D eigenvalue weighted by atomic mass is 10.1. The van der Waals surface area contributed by atoms with E-state index in [9.17, 15) is 9.90 Å². The maximum atomic E-state index is 13.2. The number of hydrogen-bond donors (Lipinski definition) is 1. The molecule has 126 valence electrons. The summed E-state index contributed by atoms with van der Waals surface area (Å²) in [4.78, 5) is 17.9. The Kier molecular flexibility index (Phi) is 3.49. The van der Waals surface area contributed by atoms with Gasteiger partial charge in [-0.05, 0) is 48.7 Å². The molecule has 25 heavy (non-hydrogen) atoms. The fourth-order valence-electron chi connectivity index (χ4n) is 3.14. The van der Waals surface area contributed by atoms with Gasteiger partial charge in [-0.3, -0.25) is 9.36 Å². The van der Waals surface area contributed by atoms with Crippen molar-refractivity contribution in [3.05, 3.63) is 69.8 Å². The van der Waals surface area contributed by atoms with Crippen molar-refractivity contribution in [2.24, 2.45) is 0 Å². The Labute approximate surface area is 146 Å². The number of phenols is 1. The molecule has 4 nitrogen and oxygen atoms in total. The minimum absolute atomic E-state index is 0.0738. The van der Waals surface area contributed by atoms with E-state index in [1.807, 2.05) is 26.0 Å². The van der Waals surface area contributed by atoms with Crippen LogP contribution in [0.2, 0.25) is 0 Å². The molecule has 0 unspecified atom stereocenters. The van der Waals surface area contributed by atoms with Gasteiger partial charge in [-0.25, -0.2) is 4.98 Å². The minimum atomic E-state index is -0.102. The van der Waals surface area contributed by atoms with Crippen LogP contribution < -0.4 is 5.56 Å². The average Bonchev–Trinajstić information content (AvgIpc) is 3.43. The normalized spacial score (nSPS) is 13.4. The molecule has 0 fully saturated rings. The molecule has 0 bridgehead atoms. The van der Waals surface area contributed by atoms with E-state index >= 15 is 0 Å². The van der Waals surface area contributed by atoms with Crippen LogP contribution in [0.15, 0.2) is 47.3 Å². The molecule has 1 aliphatic rings. The van der Waals surface area contributed by atoms with Crippen LogP contribution in [-0.2, 0) is 0 Å². The van der Waals surface area contributed by atoms with Crippen molar-refractivity contribution in [1.82, 2.24) is 9.55 Å². The number of aromatic hydroxyl groups is 1. The molecule has 1 aliphatic carbocycles. The lowest BCUT2D eigenvalue weighted by Gasteiger charge is -2.17. The van der Waals surface area contributed by atoms with Crippen molar-refractivity contribution < 1.29 is 5.11 Å². The summed E-state index contributed by atoms with van der Waals surface area (Å²) < 4.78 is 1.69. The van der Waals surface area contributed by atoms with Gasteiger partial charge < -0.3 is 5.11 Å². The Hall–Kier alpha value is -2.88. The summed E-state index contributed by atoms with van der Waals surface area (Å²) in [5.74, 6) is 0.933. The Bertz CT molecular complexity index is 1070.